The molecule has 0 fully saturated rings. The molecule has 128 valence electrons. The molecule has 0 aliphatic rings. The number of nitrogens with one attached hydrogen (secondary N) is 1. The van der Waals surface area contributed by atoms with Crippen molar-refractivity contribution in [2.75, 3.05) is 5.32 Å². The molecular weight excluding hydrogens is 356 g/mol. The van der Waals surface area contributed by atoms with Gasteiger partial charge in [-0.25, -0.2) is 4.98 Å². The Hall–Kier alpha value is -2.37. The molecule has 6 heteroatoms. The number of hydrogen-bond donors (Lipinski definition) is 1. The first-order valence-corrected chi connectivity index (χ1v) is 8.94. The first-order chi connectivity index (χ1) is 12.0. The number of ether oxygens (including phenoxy) is 1. The summed E-state index contributed by atoms with van der Waals surface area (Å²) in [6, 6.07) is 14.6. The van der Waals surface area contributed by atoms with Gasteiger partial charge in [-0.05, 0) is 43.7 Å². The molecule has 0 radical (unpaired) electrons. The smallest absolute Gasteiger partial charge is 0.257 e. The number of thiazole rings is 1. The minimum Gasteiger partial charge on any atom is -0.487 e. The van der Waals surface area contributed by atoms with E-state index in [0.717, 1.165) is 16.1 Å². The zero-order chi connectivity index (χ0) is 17.8. The molecule has 0 atom stereocenters. The minimum absolute atomic E-state index is 0.174. The molecule has 1 amide bonds. The highest BCUT2D eigenvalue weighted by atomic mass is 35.5. The van der Waals surface area contributed by atoms with E-state index in [0.29, 0.717) is 28.1 Å². The second-order valence-electron chi connectivity index (χ2n) is 5.53. The number of carbonyl (C=O) groups excluding carboxylic acids is 1. The van der Waals surface area contributed by atoms with E-state index in [1.807, 2.05) is 44.2 Å². The van der Waals surface area contributed by atoms with Crippen LogP contribution in [0.4, 0.5) is 5.13 Å². The summed E-state index contributed by atoms with van der Waals surface area (Å²) in [5, 5.41) is 4.02. The highest BCUT2D eigenvalue weighted by Crippen LogP contribution is 2.24. The van der Waals surface area contributed by atoms with E-state index in [4.69, 9.17) is 16.3 Å². The van der Waals surface area contributed by atoms with Gasteiger partial charge < -0.3 is 4.74 Å². The molecule has 0 spiro atoms. The van der Waals surface area contributed by atoms with Crippen molar-refractivity contribution < 1.29 is 9.53 Å². The van der Waals surface area contributed by atoms with Crippen LogP contribution in [-0.2, 0) is 6.61 Å². The van der Waals surface area contributed by atoms with Crippen molar-refractivity contribution in [2.24, 2.45) is 0 Å². The number of para-hydroxylation sites is 1. The predicted molar refractivity (Wildman–Crippen MR) is 102 cm³/mol. The van der Waals surface area contributed by atoms with Crippen molar-refractivity contribution in [2.45, 2.75) is 20.5 Å². The Balaban J connectivity index is 1.61. The van der Waals surface area contributed by atoms with Gasteiger partial charge in [-0.1, -0.05) is 35.9 Å². The monoisotopic (exact) mass is 372 g/mol. The standard InChI is InChI=1S/C19H17ClN2O2S/c1-12-13(2)25-19(21-12)22-18(23)15-9-7-14(8-10-15)11-24-17-6-4-3-5-16(17)20/h3-10H,11H2,1-2H3,(H,21,22,23). The number of amides is 1. The fourth-order valence-corrected chi connectivity index (χ4v) is 3.17. The fraction of sp³-hybridized carbons (Fsp3) is 0.158. The second kappa shape index (κ2) is 7.68. The highest BCUT2D eigenvalue weighted by molar-refractivity contribution is 7.15. The van der Waals surface area contributed by atoms with Crippen LogP contribution in [0.25, 0.3) is 0 Å². The van der Waals surface area contributed by atoms with Gasteiger partial charge in [0.2, 0.25) is 0 Å². The lowest BCUT2D eigenvalue weighted by Crippen LogP contribution is -2.11. The third-order valence-corrected chi connectivity index (χ3v) is 5.00. The summed E-state index contributed by atoms with van der Waals surface area (Å²) in [6.07, 6.45) is 0. The normalized spacial score (nSPS) is 10.5. The Morgan fingerprint density at radius 3 is 2.52 bits per heavy atom. The van der Waals surface area contributed by atoms with Crippen LogP contribution in [0.15, 0.2) is 48.5 Å². The van der Waals surface area contributed by atoms with Gasteiger partial charge in [-0.3, -0.25) is 10.1 Å². The summed E-state index contributed by atoms with van der Waals surface area (Å²) < 4.78 is 5.69. The molecule has 0 aliphatic heterocycles. The number of anilines is 1. The molecular formula is C19H17ClN2O2S. The molecule has 4 nitrogen and oxygen atoms in total. The van der Waals surface area contributed by atoms with Gasteiger partial charge in [0.1, 0.15) is 12.4 Å². The lowest BCUT2D eigenvalue weighted by Gasteiger charge is -2.08. The number of halogens is 1. The third-order valence-electron chi connectivity index (χ3n) is 3.70. The topological polar surface area (TPSA) is 51.2 Å². The van der Waals surface area contributed by atoms with Crippen LogP contribution in [-0.4, -0.2) is 10.9 Å². The molecule has 0 aliphatic carbocycles. The van der Waals surface area contributed by atoms with E-state index in [-0.39, 0.29) is 5.91 Å². The molecule has 1 heterocycles. The summed E-state index contributed by atoms with van der Waals surface area (Å²) in [5.74, 6) is 0.466. The van der Waals surface area contributed by atoms with Crippen LogP contribution in [0.3, 0.4) is 0 Å². The largest absolute Gasteiger partial charge is 0.487 e. The molecule has 0 bridgehead atoms. The molecule has 3 aromatic rings. The SMILES string of the molecule is Cc1nc(NC(=O)c2ccc(COc3ccccc3Cl)cc2)sc1C. The Morgan fingerprint density at radius 2 is 1.88 bits per heavy atom. The molecule has 1 N–H and O–H groups in total. The molecule has 25 heavy (non-hydrogen) atoms. The van der Waals surface area contributed by atoms with Gasteiger partial charge in [-0.2, -0.15) is 0 Å². The zero-order valence-corrected chi connectivity index (χ0v) is 15.4. The van der Waals surface area contributed by atoms with E-state index in [9.17, 15) is 4.79 Å². The predicted octanol–water partition coefficient (Wildman–Crippen LogP) is 5.24. The van der Waals surface area contributed by atoms with Crippen LogP contribution < -0.4 is 10.1 Å². The number of nitrogens with zero attached hydrogens (tertiary/aromatic N) is 1. The first kappa shape index (κ1) is 17.5. The minimum atomic E-state index is -0.174. The Kier molecular flexibility index (Phi) is 5.36. The van der Waals surface area contributed by atoms with Gasteiger partial charge >= 0.3 is 0 Å². The Bertz CT molecular complexity index is 871. The van der Waals surface area contributed by atoms with Gasteiger partial charge in [0.25, 0.3) is 5.91 Å². The van der Waals surface area contributed by atoms with Crippen LogP contribution in [0.2, 0.25) is 5.02 Å². The van der Waals surface area contributed by atoms with Gasteiger partial charge in [0.05, 0.1) is 10.7 Å². The lowest BCUT2D eigenvalue weighted by atomic mass is 10.1. The van der Waals surface area contributed by atoms with E-state index in [1.165, 1.54) is 11.3 Å². The van der Waals surface area contributed by atoms with Crippen LogP contribution in [0.1, 0.15) is 26.5 Å². The van der Waals surface area contributed by atoms with Crippen molar-refractivity contribution >= 4 is 34.0 Å². The first-order valence-electron chi connectivity index (χ1n) is 7.74. The van der Waals surface area contributed by atoms with Gasteiger partial charge in [0, 0.05) is 10.4 Å². The second-order valence-corrected chi connectivity index (χ2v) is 7.14. The van der Waals surface area contributed by atoms with Crippen molar-refractivity contribution in [1.82, 2.24) is 4.98 Å². The average Bonchev–Trinajstić information content (AvgIpc) is 2.92. The molecule has 0 unspecified atom stereocenters. The van der Waals surface area contributed by atoms with Crippen molar-refractivity contribution in [3.05, 3.63) is 75.3 Å². The summed E-state index contributed by atoms with van der Waals surface area (Å²) in [4.78, 5) is 17.7. The molecule has 2 aromatic carbocycles. The van der Waals surface area contributed by atoms with E-state index in [2.05, 4.69) is 10.3 Å². The summed E-state index contributed by atoms with van der Waals surface area (Å²) in [5.41, 5.74) is 2.47. The highest BCUT2D eigenvalue weighted by Gasteiger charge is 2.10. The number of aryl methyl sites for hydroxylation is 2. The van der Waals surface area contributed by atoms with Crippen molar-refractivity contribution in [3.63, 3.8) is 0 Å². The van der Waals surface area contributed by atoms with E-state index >= 15 is 0 Å². The fourth-order valence-electron chi connectivity index (χ4n) is 2.17. The van der Waals surface area contributed by atoms with Crippen molar-refractivity contribution in [3.8, 4) is 5.75 Å². The maximum atomic E-state index is 12.3. The summed E-state index contributed by atoms with van der Waals surface area (Å²) in [6.45, 7) is 4.29. The van der Waals surface area contributed by atoms with Crippen molar-refractivity contribution in [1.29, 1.82) is 0 Å². The summed E-state index contributed by atoms with van der Waals surface area (Å²) in [7, 11) is 0. The number of rotatable bonds is 5. The lowest BCUT2D eigenvalue weighted by molar-refractivity contribution is 0.102. The Morgan fingerprint density at radius 1 is 1.16 bits per heavy atom. The molecule has 1 aromatic heterocycles. The average molecular weight is 373 g/mol. The van der Waals surface area contributed by atoms with Crippen LogP contribution in [0, 0.1) is 13.8 Å². The maximum absolute atomic E-state index is 12.3. The quantitative estimate of drug-likeness (QED) is 0.665. The number of aromatic nitrogens is 1. The molecule has 3 rings (SSSR count). The third kappa shape index (κ3) is 4.38. The van der Waals surface area contributed by atoms with E-state index in [1.54, 1.807) is 18.2 Å². The Labute approximate surface area is 155 Å². The number of carbonyl (C=O) groups is 1. The summed E-state index contributed by atoms with van der Waals surface area (Å²) >= 11 is 7.54. The van der Waals surface area contributed by atoms with E-state index < -0.39 is 0 Å². The van der Waals surface area contributed by atoms with Crippen LogP contribution in [0.5, 0.6) is 5.75 Å². The number of hydrogen-bond acceptors (Lipinski definition) is 4. The zero-order valence-electron chi connectivity index (χ0n) is 13.9. The van der Waals surface area contributed by atoms with Gasteiger partial charge in [0.15, 0.2) is 5.13 Å². The van der Waals surface area contributed by atoms with Crippen LogP contribution >= 0.6 is 22.9 Å². The number of benzene rings is 2. The maximum Gasteiger partial charge on any atom is 0.257 e. The molecule has 0 saturated carbocycles. The molecule has 0 saturated heterocycles. The van der Waals surface area contributed by atoms with Gasteiger partial charge in [-0.15, -0.1) is 11.3 Å².